The Morgan fingerprint density at radius 2 is 2.37 bits per heavy atom. The van der Waals surface area contributed by atoms with Gasteiger partial charge in [0, 0.05) is 22.2 Å². The van der Waals surface area contributed by atoms with Crippen molar-refractivity contribution in [1.29, 1.82) is 0 Å². The van der Waals surface area contributed by atoms with Crippen molar-refractivity contribution in [3.63, 3.8) is 0 Å². The monoisotopic (exact) mass is 322 g/mol. The summed E-state index contributed by atoms with van der Waals surface area (Å²) in [5.41, 5.74) is 2.43. The molecule has 1 aromatic heterocycles. The van der Waals surface area contributed by atoms with Crippen molar-refractivity contribution in [3.8, 4) is 0 Å². The first-order valence-electron chi connectivity index (χ1n) is 5.84. The topological polar surface area (TPSA) is 75.2 Å². The van der Waals surface area contributed by atoms with E-state index in [1.807, 2.05) is 24.3 Å². The van der Waals surface area contributed by atoms with Crippen LogP contribution in [0.15, 0.2) is 28.7 Å². The van der Waals surface area contributed by atoms with Crippen molar-refractivity contribution in [2.45, 2.75) is 12.5 Å². The molecule has 2 N–H and O–H groups in total. The van der Waals surface area contributed by atoms with Gasteiger partial charge in [0.15, 0.2) is 5.69 Å². The van der Waals surface area contributed by atoms with Gasteiger partial charge in [-0.05, 0) is 17.7 Å². The largest absolute Gasteiger partial charge is 0.476 e. The lowest BCUT2D eigenvalue weighted by molar-refractivity contribution is 0.0614. The van der Waals surface area contributed by atoms with E-state index in [1.54, 1.807) is 0 Å². The lowest BCUT2D eigenvalue weighted by Gasteiger charge is -2.23. The van der Waals surface area contributed by atoms with E-state index >= 15 is 0 Å². The molecule has 0 saturated heterocycles. The van der Waals surface area contributed by atoms with Crippen molar-refractivity contribution < 1.29 is 14.6 Å². The maximum Gasteiger partial charge on any atom is 0.356 e. The van der Waals surface area contributed by atoms with Crippen LogP contribution in [0.5, 0.6) is 0 Å². The normalized spacial score (nSPS) is 18.1. The van der Waals surface area contributed by atoms with Gasteiger partial charge in [0.2, 0.25) is 0 Å². The minimum Gasteiger partial charge on any atom is -0.476 e. The quantitative estimate of drug-likeness (QED) is 0.890. The van der Waals surface area contributed by atoms with E-state index in [-0.39, 0.29) is 11.8 Å². The van der Waals surface area contributed by atoms with Crippen molar-refractivity contribution in [2.24, 2.45) is 0 Å². The highest BCUT2D eigenvalue weighted by molar-refractivity contribution is 9.10. The van der Waals surface area contributed by atoms with E-state index in [9.17, 15) is 9.90 Å². The summed E-state index contributed by atoms with van der Waals surface area (Å²) >= 11 is 3.41. The molecular weight excluding hydrogens is 312 g/mol. The summed E-state index contributed by atoms with van der Waals surface area (Å²) in [7, 11) is 0. The maximum atomic E-state index is 11.2. The second kappa shape index (κ2) is 4.79. The Labute approximate surface area is 117 Å². The number of halogens is 1. The highest BCUT2D eigenvalue weighted by atomic mass is 79.9. The van der Waals surface area contributed by atoms with Gasteiger partial charge >= 0.3 is 5.97 Å². The van der Waals surface area contributed by atoms with Crippen LogP contribution in [0.25, 0.3) is 0 Å². The average molecular weight is 323 g/mol. The molecule has 6 heteroatoms. The summed E-state index contributed by atoms with van der Waals surface area (Å²) in [4.78, 5) is 11.2. The third-order valence-corrected chi connectivity index (χ3v) is 3.63. The molecule has 2 heterocycles. The fourth-order valence-corrected chi connectivity index (χ4v) is 2.73. The molecule has 0 radical (unpaired) electrons. The first kappa shape index (κ1) is 12.4. The molecule has 0 saturated carbocycles. The SMILES string of the molecule is O=C(O)c1n[nH]c2c1C(c1cccc(Br)c1)OCC2. The molecule has 1 aliphatic heterocycles. The van der Waals surface area contributed by atoms with Gasteiger partial charge in [0.1, 0.15) is 6.10 Å². The molecule has 1 aromatic carbocycles. The summed E-state index contributed by atoms with van der Waals surface area (Å²) in [5.74, 6) is -1.04. The van der Waals surface area contributed by atoms with E-state index in [1.165, 1.54) is 0 Å². The van der Waals surface area contributed by atoms with Gasteiger partial charge in [0.25, 0.3) is 0 Å². The molecule has 19 heavy (non-hydrogen) atoms. The molecular formula is C13H11BrN2O3. The van der Waals surface area contributed by atoms with Gasteiger partial charge in [-0.3, -0.25) is 5.10 Å². The fourth-order valence-electron chi connectivity index (χ4n) is 2.32. The Hall–Kier alpha value is -1.66. The number of hydrogen-bond donors (Lipinski definition) is 2. The smallest absolute Gasteiger partial charge is 0.356 e. The van der Waals surface area contributed by atoms with Crippen LogP contribution in [0.3, 0.4) is 0 Å². The van der Waals surface area contributed by atoms with Crippen LogP contribution in [-0.4, -0.2) is 27.9 Å². The van der Waals surface area contributed by atoms with E-state index in [0.29, 0.717) is 18.6 Å². The predicted molar refractivity (Wildman–Crippen MR) is 71.2 cm³/mol. The zero-order valence-electron chi connectivity index (χ0n) is 9.89. The minimum atomic E-state index is -1.04. The number of rotatable bonds is 2. The summed E-state index contributed by atoms with van der Waals surface area (Å²) < 4.78 is 6.68. The molecule has 1 aliphatic rings. The Balaban J connectivity index is 2.11. The number of nitrogens with one attached hydrogen (secondary N) is 1. The van der Waals surface area contributed by atoms with Crippen molar-refractivity contribution >= 4 is 21.9 Å². The van der Waals surface area contributed by atoms with E-state index < -0.39 is 5.97 Å². The van der Waals surface area contributed by atoms with E-state index in [0.717, 1.165) is 15.7 Å². The number of H-pyrrole nitrogens is 1. The summed E-state index contributed by atoms with van der Waals surface area (Å²) in [6.07, 6.45) is 0.270. The second-order valence-corrected chi connectivity index (χ2v) is 5.24. The Bertz CT molecular complexity index is 639. The van der Waals surface area contributed by atoms with Gasteiger partial charge in [0.05, 0.1) is 6.61 Å². The van der Waals surface area contributed by atoms with Crippen molar-refractivity contribution in [3.05, 3.63) is 51.3 Å². The summed E-state index contributed by atoms with van der Waals surface area (Å²) in [6.45, 7) is 0.547. The molecule has 5 nitrogen and oxygen atoms in total. The second-order valence-electron chi connectivity index (χ2n) is 4.33. The molecule has 0 aliphatic carbocycles. The number of hydrogen-bond acceptors (Lipinski definition) is 3. The summed E-state index contributed by atoms with van der Waals surface area (Å²) in [6, 6.07) is 7.67. The van der Waals surface area contributed by atoms with Crippen molar-refractivity contribution in [1.82, 2.24) is 10.2 Å². The van der Waals surface area contributed by atoms with Crippen LogP contribution in [0.2, 0.25) is 0 Å². The van der Waals surface area contributed by atoms with Crippen LogP contribution in [0.4, 0.5) is 0 Å². The zero-order chi connectivity index (χ0) is 13.4. The first-order chi connectivity index (χ1) is 9.16. The lowest BCUT2D eigenvalue weighted by Crippen LogP contribution is -2.19. The Kier molecular flexibility index (Phi) is 3.12. The molecule has 1 unspecified atom stereocenters. The highest BCUT2D eigenvalue weighted by Crippen LogP contribution is 2.34. The van der Waals surface area contributed by atoms with Crippen molar-refractivity contribution in [2.75, 3.05) is 6.61 Å². The third kappa shape index (κ3) is 2.17. The third-order valence-electron chi connectivity index (χ3n) is 3.14. The number of aromatic nitrogens is 2. The Morgan fingerprint density at radius 1 is 1.53 bits per heavy atom. The van der Waals surface area contributed by atoms with Crippen LogP contribution >= 0.6 is 15.9 Å². The van der Waals surface area contributed by atoms with Gasteiger partial charge in [-0.2, -0.15) is 5.10 Å². The molecule has 0 fully saturated rings. The van der Waals surface area contributed by atoms with Crippen LogP contribution in [0, 0.1) is 0 Å². The van der Waals surface area contributed by atoms with Gasteiger partial charge in [-0.1, -0.05) is 28.1 Å². The molecule has 98 valence electrons. The summed E-state index contributed by atoms with van der Waals surface area (Å²) in [5, 5.41) is 15.9. The molecule has 0 spiro atoms. The molecule has 3 rings (SSSR count). The molecule has 2 aromatic rings. The maximum absolute atomic E-state index is 11.2. The molecule has 1 atom stereocenters. The number of aromatic carboxylic acids is 1. The standard InChI is InChI=1S/C13H11BrN2O3/c14-8-3-1-2-7(6-8)12-10-9(4-5-19-12)15-16-11(10)13(17)18/h1-3,6,12H,4-5H2,(H,15,16)(H,17,18). The average Bonchev–Trinajstić information content (AvgIpc) is 2.82. The van der Waals surface area contributed by atoms with E-state index in [4.69, 9.17) is 4.74 Å². The van der Waals surface area contributed by atoms with Crippen LogP contribution < -0.4 is 0 Å². The number of carboxylic acid groups (broad SMARTS) is 1. The number of benzene rings is 1. The number of carbonyl (C=O) groups is 1. The number of carboxylic acids is 1. The van der Waals surface area contributed by atoms with Gasteiger partial charge < -0.3 is 9.84 Å². The van der Waals surface area contributed by atoms with E-state index in [2.05, 4.69) is 26.1 Å². The predicted octanol–water partition coefficient (Wildman–Crippen LogP) is 2.53. The molecule has 0 amide bonds. The van der Waals surface area contributed by atoms with Gasteiger partial charge in [-0.15, -0.1) is 0 Å². The Morgan fingerprint density at radius 3 is 3.11 bits per heavy atom. The zero-order valence-corrected chi connectivity index (χ0v) is 11.5. The molecule has 0 bridgehead atoms. The van der Waals surface area contributed by atoms with Crippen LogP contribution in [0.1, 0.15) is 33.4 Å². The fraction of sp³-hybridized carbons (Fsp3) is 0.231. The van der Waals surface area contributed by atoms with Crippen LogP contribution in [-0.2, 0) is 11.2 Å². The number of aromatic amines is 1. The first-order valence-corrected chi connectivity index (χ1v) is 6.63. The minimum absolute atomic E-state index is 0.0414. The number of ether oxygens (including phenoxy) is 1. The lowest BCUT2D eigenvalue weighted by atomic mass is 9.96. The number of fused-ring (bicyclic) bond motifs is 1. The number of nitrogens with zero attached hydrogens (tertiary/aromatic N) is 1. The van der Waals surface area contributed by atoms with Gasteiger partial charge in [-0.25, -0.2) is 4.79 Å². The highest BCUT2D eigenvalue weighted by Gasteiger charge is 2.30.